The van der Waals surface area contributed by atoms with Gasteiger partial charge in [-0.25, -0.2) is 13.4 Å². The van der Waals surface area contributed by atoms with E-state index in [2.05, 4.69) is 20.0 Å². The summed E-state index contributed by atoms with van der Waals surface area (Å²) in [6.07, 6.45) is 6.06. The quantitative estimate of drug-likeness (QED) is 0.115. The van der Waals surface area contributed by atoms with Crippen LogP contribution in [0.3, 0.4) is 0 Å². The van der Waals surface area contributed by atoms with Crippen LogP contribution in [0.4, 0.5) is 18.9 Å². The molecule has 0 amide bonds. The van der Waals surface area contributed by atoms with Crippen LogP contribution in [0.15, 0.2) is 114 Å². The highest BCUT2D eigenvalue weighted by molar-refractivity contribution is 7.92. The smallest absolute Gasteiger partial charge is 0.387 e. The number of thiazole rings is 1. The Hall–Kier alpha value is -4.10. The normalized spacial score (nSPS) is 13.3. The molecule has 43 heavy (non-hydrogen) atoms. The average molecular weight is 627 g/mol. The second kappa shape index (κ2) is 14.9. The minimum Gasteiger partial charge on any atom is -0.387 e. The third-order valence-electron chi connectivity index (χ3n) is 6.02. The predicted octanol–water partition coefficient (Wildman–Crippen LogP) is 6.56. The van der Waals surface area contributed by atoms with Crippen molar-refractivity contribution in [1.29, 1.82) is 0 Å². The Kier molecular flexibility index (Phi) is 11.0. The number of halogens is 3. The number of hydrogen-bond acceptors (Lipinski definition) is 7. The van der Waals surface area contributed by atoms with Gasteiger partial charge < -0.3 is 10.4 Å². The van der Waals surface area contributed by atoms with Gasteiger partial charge in [-0.1, -0.05) is 54.6 Å². The second-order valence-electron chi connectivity index (χ2n) is 9.31. The van der Waals surface area contributed by atoms with Gasteiger partial charge in [0, 0.05) is 47.2 Å². The molecule has 0 aliphatic rings. The first-order valence-electron chi connectivity index (χ1n) is 13.1. The highest BCUT2D eigenvalue weighted by atomic mass is 32.2. The molecule has 1 unspecified atom stereocenters. The molecule has 0 bridgehead atoms. The van der Waals surface area contributed by atoms with Crippen molar-refractivity contribution >= 4 is 33.1 Å². The predicted molar refractivity (Wildman–Crippen MR) is 164 cm³/mol. The van der Waals surface area contributed by atoms with E-state index in [4.69, 9.17) is 0 Å². The van der Waals surface area contributed by atoms with E-state index in [1.807, 2.05) is 18.2 Å². The maximum absolute atomic E-state index is 12.9. The summed E-state index contributed by atoms with van der Waals surface area (Å²) in [5, 5.41) is 15.9. The number of hydrogen-bond donors (Lipinski definition) is 3. The van der Waals surface area contributed by atoms with E-state index < -0.39 is 22.3 Å². The number of benzene rings is 2. The Morgan fingerprint density at radius 1 is 0.977 bits per heavy atom. The van der Waals surface area contributed by atoms with E-state index in [1.165, 1.54) is 35.6 Å². The molecule has 7 nitrogen and oxygen atoms in total. The summed E-state index contributed by atoms with van der Waals surface area (Å²) in [4.78, 5) is 8.58. The average Bonchev–Trinajstić information content (AvgIpc) is 3.47. The summed E-state index contributed by atoms with van der Waals surface area (Å²) in [6.45, 7) is 1.04. The number of nitrogens with zero attached hydrogens (tertiary/aromatic N) is 2. The fourth-order valence-electron chi connectivity index (χ4n) is 3.84. The van der Waals surface area contributed by atoms with Crippen molar-refractivity contribution in [3.63, 3.8) is 0 Å². The molecule has 0 saturated carbocycles. The van der Waals surface area contributed by atoms with E-state index in [-0.39, 0.29) is 11.0 Å². The molecule has 12 heteroatoms. The molecular formula is C31H29F3N4O3S2. The molecule has 4 rings (SSSR count). The molecule has 0 spiro atoms. The Morgan fingerprint density at radius 2 is 1.72 bits per heavy atom. The minimum absolute atomic E-state index is 0.102. The Morgan fingerprint density at radius 3 is 2.42 bits per heavy atom. The zero-order valence-electron chi connectivity index (χ0n) is 22.8. The number of anilines is 1. The van der Waals surface area contributed by atoms with Crippen molar-refractivity contribution in [1.82, 2.24) is 15.3 Å². The number of allylic oxidation sites excluding steroid dienone is 5. The van der Waals surface area contributed by atoms with Crippen molar-refractivity contribution < 1.29 is 26.7 Å². The molecule has 0 fully saturated rings. The molecule has 2 heterocycles. The van der Waals surface area contributed by atoms with Gasteiger partial charge in [-0.3, -0.25) is 9.71 Å². The molecule has 1 atom stereocenters. The van der Waals surface area contributed by atoms with Crippen LogP contribution in [0.5, 0.6) is 0 Å². The van der Waals surface area contributed by atoms with E-state index in [9.17, 15) is 26.7 Å². The zero-order chi connectivity index (χ0) is 30.7. The number of aromatic nitrogens is 2. The summed E-state index contributed by atoms with van der Waals surface area (Å²) >= 11 is 1.37. The largest absolute Gasteiger partial charge is 0.409 e. The topological polar surface area (TPSA) is 104 Å². The first kappa shape index (κ1) is 31.8. The minimum atomic E-state index is -4.35. The second-order valence-corrected chi connectivity index (χ2v) is 11.8. The van der Waals surface area contributed by atoms with Crippen LogP contribution in [0.2, 0.25) is 0 Å². The number of pyridine rings is 1. The van der Waals surface area contributed by atoms with Crippen LogP contribution in [0.25, 0.3) is 16.6 Å². The zero-order valence-corrected chi connectivity index (χ0v) is 24.4. The SMILES string of the molecule is O=S(=O)(Nc1ccc(CCNCC(O)c2cccnc2)cc1)c1ccc(-c2nc(/C=C/C=C/C=C/C(F)(F)F)cs2)cc1. The van der Waals surface area contributed by atoms with Crippen LogP contribution in [-0.2, 0) is 16.4 Å². The van der Waals surface area contributed by atoms with Crippen molar-refractivity contribution in [2.24, 2.45) is 0 Å². The van der Waals surface area contributed by atoms with Gasteiger partial charge >= 0.3 is 6.18 Å². The Bertz CT molecular complexity index is 1650. The van der Waals surface area contributed by atoms with Crippen molar-refractivity contribution in [2.45, 2.75) is 23.6 Å². The van der Waals surface area contributed by atoms with E-state index in [0.29, 0.717) is 35.9 Å². The molecular weight excluding hydrogens is 597 g/mol. The standard InChI is InChI=1S/C31H29F3N4O3S2/c32-31(33,34)17-4-2-1-3-7-27-22-42-30(37-27)24-10-14-28(15-11-24)43(40,41)38-26-12-8-23(9-13-26)16-19-36-21-29(39)25-6-5-18-35-20-25/h1-15,17-18,20,22,29,36,38-39H,16,19,21H2/b2-1+,7-3+,17-4+. The van der Waals surface area contributed by atoms with Gasteiger partial charge in [-0.15, -0.1) is 11.3 Å². The maximum Gasteiger partial charge on any atom is 0.409 e. The fraction of sp³-hybridized carbons (Fsp3) is 0.161. The molecule has 2 aromatic heterocycles. The Balaban J connectivity index is 1.26. The van der Waals surface area contributed by atoms with Gasteiger partial charge in [0.05, 0.1) is 16.7 Å². The number of sulfonamides is 1. The molecule has 0 aliphatic carbocycles. The van der Waals surface area contributed by atoms with Gasteiger partial charge in [0.2, 0.25) is 0 Å². The lowest BCUT2D eigenvalue weighted by Gasteiger charge is -2.12. The summed E-state index contributed by atoms with van der Waals surface area (Å²) in [7, 11) is -3.81. The lowest BCUT2D eigenvalue weighted by molar-refractivity contribution is -0.0798. The van der Waals surface area contributed by atoms with Crippen LogP contribution < -0.4 is 10.0 Å². The first-order valence-corrected chi connectivity index (χ1v) is 15.5. The van der Waals surface area contributed by atoms with E-state index >= 15 is 0 Å². The van der Waals surface area contributed by atoms with Gasteiger partial charge in [-0.05, 0) is 54.9 Å². The summed E-state index contributed by atoms with van der Waals surface area (Å²) in [6, 6.07) is 17.1. The third-order valence-corrected chi connectivity index (χ3v) is 8.33. The number of alkyl halides is 3. The molecule has 0 aliphatic heterocycles. The molecule has 2 aromatic carbocycles. The van der Waals surface area contributed by atoms with Crippen LogP contribution in [-0.4, -0.2) is 42.8 Å². The fourth-order valence-corrected chi connectivity index (χ4v) is 5.69. The third kappa shape index (κ3) is 10.3. The summed E-state index contributed by atoms with van der Waals surface area (Å²) in [5.41, 5.74) is 3.57. The Labute approximate surface area is 252 Å². The monoisotopic (exact) mass is 626 g/mol. The number of aliphatic hydroxyl groups is 1. The number of nitrogens with one attached hydrogen (secondary N) is 2. The van der Waals surface area contributed by atoms with E-state index in [0.717, 1.165) is 22.8 Å². The first-order chi connectivity index (χ1) is 20.6. The maximum atomic E-state index is 12.9. The lowest BCUT2D eigenvalue weighted by Crippen LogP contribution is -2.23. The molecule has 0 radical (unpaired) electrons. The van der Waals surface area contributed by atoms with Crippen molar-refractivity contribution in [3.05, 3.63) is 126 Å². The van der Waals surface area contributed by atoms with Crippen LogP contribution in [0.1, 0.15) is 22.9 Å². The molecule has 0 saturated heterocycles. The molecule has 3 N–H and O–H groups in total. The van der Waals surface area contributed by atoms with Gasteiger partial charge in [0.25, 0.3) is 10.0 Å². The van der Waals surface area contributed by atoms with Gasteiger partial charge in [0.1, 0.15) is 5.01 Å². The van der Waals surface area contributed by atoms with Gasteiger partial charge in [0.15, 0.2) is 0 Å². The van der Waals surface area contributed by atoms with Crippen LogP contribution in [0, 0.1) is 0 Å². The van der Waals surface area contributed by atoms with E-state index in [1.54, 1.807) is 60.3 Å². The van der Waals surface area contributed by atoms with Crippen LogP contribution >= 0.6 is 11.3 Å². The highest BCUT2D eigenvalue weighted by Gasteiger charge is 2.21. The molecule has 224 valence electrons. The summed E-state index contributed by atoms with van der Waals surface area (Å²) < 4.78 is 64.8. The van der Waals surface area contributed by atoms with Crippen molar-refractivity contribution in [3.8, 4) is 10.6 Å². The van der Waals surface area contributed by atoms with Crippen molar-refractivity contribution in [2.75, 3.05) is 17.8 Å². The van der Waals surface area contributed by atoms with Gasteiger partial charge in [-0.2, -0.15) is 13.2 Å². The molecule has 4 aromatic rings. The highest BCUT2D eigenvalue weighted by Crippen LogP contribution is 2.26. The lowest BCUT2D eigenvalue weighted by atomic mass is 10.1. The number of aliphatic hydroxyl groups excluding tert-OH is 1. The summed E-state index contributed by atoms with van der Waals surface area (Å²) in [5.74, 6) is 0. The number of rotatable bonds is 13.